The number of anilines is 1. The second-order valence-electron chi connectivity index (χ2n) is 4.97. The van der Waals surface area contributed by atoms with E-state index >= 15 is 0 Å². The molecule has 0 aliphatic carbocycles. The van der Waals surface area contributed by atoms with Crippen LogP contribution in [-0.2, 0) is 6.61 Å². The highest BCUT2D eigenvalue weighted by Crippen LogP contribution is 2.16. The van der Waals surface area contributed by atoms with E-state index in [1.54, 1.807) is 6.07 Å². The Balaban J connectivity index is 1.59. The average molecular weight is 329 g/mol. The fraction of sp³-hybridized carbons (Fsp3) is 0.0556. The van der Waals surface area contributed by atoms with Gasteiger partial charge >= 0.3 is 0 Å². The Kier molecular flexibility index (Phi) is 4.56. The Morgan fingerprint density at radius 2 is 1.54 bits per heavy atom. The van der Waals surface area contributed by atoms with Gasteiger partial charge in [-0.2, -0.15) is 0 Å². The number of rotatable bonds is 5. The number of amides is 1. The molecular formula is C18H13F2NO3. The summed E-state index contributed by atoms with van der Waals surface area (Å²) < 4.78 is 36.5. The van der Waals surface area contributed by atoms with Crippen LogP contribution in [0.5, 0.6) is 5.75 Å². The van der Waals surface area contributed by atoms with Crippen LogP contribution in [0.15, 0.2) is 65.1 Å². The van der Waals surface area contributed by atoms with Gasteiger partial charge in [0.15, 0.2) is 5.76 Å². The smallest absolute Gasteiger partial charge is 0.291 e. The van der Waals surface area contributed by atoms with Crippen LogP contribution in [0.25, 0.3) is 0 Å². The van der Waals surface area contributed by atoms with E-state index in [4.69, 9.17) is 9.15 Å². The Bertz CT molecular complexity index is 826. The summed E-state index contributed by atoms with van der Waals surface area (Å²) in [6, 6.07) is 14.1. The Morgan fingerprint density at radius 1 is 0.917 bits per heavy atom. The predicted octanol–water partition coefficient (Wildman–Crippen LogP) is 4.39. The molecule has 2 aromatic carbocycles. The van der Waals surface area contributed by atoms with E-state index in [0.717, 1.165) is 0 Å². The first-order chi connectivity index (χ1) is 11.6. The Hall–Kier alpha value is -3.15. The zero-order chi connectivity index (χ0) is 16.9. The van der Waals surface area contributed by atoms with Gasteiger partial charge in [0.25, 0.3) is 5.91 Å². The molecule has 6 heteroatoms. The van der Waals surface area contributed by atoms with Crippen LogP contribution in [0, 0.1) is 11.6 Å². The van der Waals surface area contributed by atoms with Crippen LogP contribution in [0.4, 0.5) is 14.5 Å². The van der Waals surface area contributed by atoms with E-state index in [1.807, 2.05) is 0 Å². The monoisotopic (exact) mass is 329 g/mol. The molecular weight excluding hydrogens is 316 g/mol. The molecule has 1 heterocycles. The maximum absolute atomic E-state index is 12.8. The number of carbonyl (C=O) groups excluding carboxylic acids is 1. The van der Waals surface area contributed by atoms with E-state index in [9.17, 15) is 13.6 Å². The second kappa shape index (κ2) is 6.95. The largest absolute Gasteiger partial charge is 0.486 e. The molecule has 0 saturated heterocycles. The molecule has 0 aliphatic heterocycles. The van der Waals surface area contributed by atoms with Crippen molar-refractivity contribution in [2.24, 2.45) is 0 Å². The highest BCUT2D eigenvalue weighted by molar-refractivity contribution is 6.02. The second-order valence-corrected chi connectivity index (χ2v) is 4.97. The zero-order valence-electron chi connectivity index (χ0n) is 12.5. The highest BCUT2D eigenvalue weighted by atomic mass is 19.1. The number of carbonyl (C=O) groups is 1. The summed E-state index contributed by atoms with van der Waals surface area (Å²) in [7, 11) is 0. The van der Waals surface area contributed by atoms with E-state index in [1.165, 1.54) is 54.6 Å². The van der Waals surface area contributed by atoms with Crippen molar-refractivity contribution in [2.75, 3.05) is 5.32 Å². The zero-order valence-corrected chi connectivity index (χ0v) is 12.5. The Labute approximate surface area is 136 Å². The molecule has 3 rings (SSSR count). The van der Waals surface area contributed by atoms with Crippen LogP contribution in [0.1, 0.15) is 16.3 Å². The average Bonchev–Trinajstić information content (AvgIpc) is 3.06. The fourth-order valence-electron chi connectivity index (χ4n) is 1.99. The normalized spacial score (nSPS) is 10.4. The minimum absolute atomic E-state index is 0.107. The number of hydrogen-bond acceptors (Lipinski definition) is 3. The molecule has 3 aromatic rings. The molecule has 4 nitrogen and oxygen atoms in total. The number of ether oxygens (including phenoxy) is 1. The van der Waals surface area contributed by atoms with Gasteiger partial charge in [-0.3, -0.25) is 4.79 Å². The summed E-state index contributed by atoms with van der Waals surface area (Å²) in [5, 5.41) is 2.60. The van der Waals surface area contributed by atoms with Crippen molar-refractivity contribution in [1.29, 1.82) is 0 Å². The Morgan fingerprint density at radius 3 is 2.21 bits per heavy atom. The van der Waals surface area contributed by atoms with Gasteiger partial charge in [0, 0.05) is 5.69 Å². The molecule has 0 fully saturated rings. The summed E-state index contributed by atoms with van der Waals surface area (Å²) in [6.07, 6.45) is 0. The highest BCUT2D eigenvalue weighted by Gasteiger charge is 2.12. The minimum atomic E-state index is -0.449. The van der Waals surface area contributed by atoms with Crippen molar-refractivity contribution in [1.82, 2.24) is 0 Å². The quantitative estimate of drug-likeness (QED) is 0.755. The number of furan rings is 1. The van der Waals surface area contributed by atoms with E-state index in [-0.39, 0.29) is 24.0 Å². The summed E-state index contributed by atoms with van der Waals surface area (Å²) in [5.74, 6) is -0.133. The number of halogens is 2. The van der Waals surface area contributed by atoms with Crippen molar-refractivity contribution < 1.29 is 22.7 Å². The topological polar surface area (TPSA) is 51.5 Å². The van der Waals surface area contributed by atoms with Gasteiger partial charge in [0.1, 0.15) is 29.8 Å². The summed E-state index contributed by atoms with van der Waals surface area (Å²) in [5.41, 5.74) is 0.460. The molecule has 1 aromatic heterocycles. The first kappa shape index (κ1) is 15.7. The van der Waals surface area contributed by atoms with Gasteiger partial charge in [0.05, 0.1) is 0 Å². The molecule has 0 aliphatic rings. The standard InChI is InChI=1S/C18H13F2NO3/c19-12-1-5-14(6-2-12)21-18(22)17-10-9-16(24-17)11-23-15-7-3-13(20)4-8-15/h1-10H,11H2,(H,21,22). The fourth-order valence-corrected chi connectivity index (χ4v) is 1.99. The van der Waals surface area contributed by atoms with Crippen molar-refractivity contribution in [2.45, 2.75) is 6.61 Å². The molecule has 24 heavy (non-hydrogen) atoms. The lowest BCUT2D eigenvalue weighted by Gasteiger charge is -2.04. The van der Waals surface area contributed by atoms with Crippen LogP contribution in [0.2, 0.25) is 0 Å². The molecule has 0 bridgehead atoms. The van der Waals surface area contributed by atoms with Crippen molar-refractivity contribution in [3.8, 4) is 5.75 Å². The molecule has 0 spiro atoms. The van der Waals surface area contributed by atoms with Crippen molar-refractivity contribution >= 4 is 11.6 Å². The molecule has 1 N–H and O–H groups in total. The lowest BCUT2D eigenvalue weighted by Crippen LogP contribution is -2.10. The van der Waals surface area contributed by atoms with Crippen LogP contribution >= 0.6 is 0 Å². The lowest BCUT2D eigenvalue weighted by molar-refractivity contribution is 0.0992. The molecule has 0 unspecified atom stereocenters. The minimum Gasteiger partial charge on any atom is -0.486 e. The summed E-state index contributed by atoms with van der Waals surface area (Å²) >= 11 is 0. The van der Waals surface area contributed by atoms with Crippen LogP contribution in [0.3, 0.4) is 0 Å². The molecule has 122 valence electrons. The third-order valence-electron chi connectivity index (χ3n) is 3.18. The molecule has 0 atom stereocenters. The number of nitrogens with one attached hydrogen (secondary N) is 1. The van der Waals surface area contributed by atoms with Gasteiger partial charge in [-0.05, 0) is 60.7 Å². The van der Waals surface area contributed by atoms with E-state index in [0.29, 0.717) is 17.2 Å². The summed E-state index contributed by atoms with van der Waals surface area (Å²) in [4.78, 5) is 12.0. The number of benzene rings is 2. The van der Waals surface area contributed by atoms with Crippen molar-refractivity contribution in [3.05, 3.63) is 83.8 Å². The third kappa shape index (κ3) is 3.98. The van der Waals surface area contributed by atoms with Gasteiger partial charge in [0.2, 0.25) is 0 Å². The molecule has 1 amide bonds. The lowest BCUT2D eigenvalue weighted by atomic mass is 10.3. The first-order valence-corrected chi connectivity index (χ1v) is 7.14. The van der Waals surface area contributed by atoms with Gasteiger partial charge in [-0.25, -0.2) is 8.78 Å². The SMILES string of the molecule is O=C(Nc1ccc(F)cc1)c1ccc(COc2ccc(F)cc2)o1. The maximum atomic E-state index is 12.8. The predicted molar refractivity (Wildman–Crippen MR) is 83.8 cm³/mol. The van der Waals surface area contributed by atoms with E-state index in [2.05, 4.69) is 5.32 Å². The van der Waals surface area contributed by atoms with Gasteiger partial charge in [-0.15, -0.1) is 0 Å². The van der Waals surface area contributed by atoms with Crippen LogP contribution in [-0.4, -0.2) is 5.91 Å². The molecule has 0 saturated carbocycles. The van der Waals surface area contributed by atoms with Crippen molar-refractivity contribution in [3.63, 3.8) is 0 Å². The van der Waals surface area contributed by atoms with Gasteiger partial charge in [-0.1, -0.05) is 0 Å². The van der Waals surface area contributed by atoms with Gasteiger partial charge < -0.3 is 14.5 Å². The third-order valence-corrected chi connectivity index (χ3v) is 3.18. The first-order valence-electron chi connectivity index (χ1n) is 7.14. The van der Waals surface area contributed by atoms with E-state index < -0.39 is 5.91 Å². The maximum Gasteiger partial charge on any atom is 0.291 e. The summed E-state index contributed by atoms with van der Waals surface area (Å²) in [6.45, 7) is 0.107. The number of hydrogen-bond donors (Lipinski definition) is 1. The van der Waals surface area contributed by atoms with Crippen LogP contribution < -0.4 is 10.1 Å². The molecule has 0 radical (unpaired) electrons.